The highest BCUT2D eigenvalue weighted by Gasteiger charge is 2.38. The van der Waals surface area contributed by atoms with E-state index in [0.717, 1.165) is 11.1 Å². The van der Waals surface area contributed by atoms with Crippen molar-refractivity contribution in [1.29, 1.82) is 0 Å². The van der Waals surface area contributed by atoms with E-state index in [1.165, 1.54) is 4.90 Å². The van der Waals surface area contributed by atoms with Crippen LogP contribution >= 0.6 is 0 Å². The third-order valence-electron chi connectivity index (χ3n) is 4.00. The first-order chi connectivity index (χ1) is 10.5. The molecule has 1 aliphatic heterocycles. The predicted octanol–water partition coefficient (Wildman–Crippen LogP) is 3.71. The molecule has 0 bridgehead atoms. The molecule has 1 heterocycles. The largest absolute Gasteiger partial charge is 0.456 e. The summed E-state index contributed by atoms with van der Waals surface area (Å²) in [5.41, 5.74) is 2.62. The number of amides is 2. The highest BCUT2D eigenvalue weighted by Crippen LogP contribution is 2.38. The molecule has 0 aliphatic carbocycles. The standard InChI is InChI=1S/C18H17NO3/c1-4-19-17(20)14-10-11(2)12(3)16(15(14)18(19)21)22-13-8-6-5-7-9-13/h5-10H,4H2,1-3H3. The third-order valence-corrected chi connectivity index (χ3v) is 4.00. The fourth-order valence-corrected chi connectivity index (χ4v) is 2.66. The van der Waals surface area contributed by atoms with Crippen LogP contribution in [0.3, 0.4) is 0 Å². The average molecular weight is 295 g/mol. The number of carbonyl (C=O) groups is 2. The lowest BCUT2D eigenvalue weighted by Gasteiger charge is -2.14. The average Bonchev–Trinajstić information content (AvgIpc) is 2.75. The summed E-state index contributed by atoms with van der Waals surface area (Å²) in [6.45, 7) is 5.97. The van der Waals surface area contributed by atoms with Crippen molar-refractivity contribution < 1.29 is 14.3 Å². The van der Waals surface area contributed by atoms with Gasteiger partial charge in [-0.3, -0.25) is 14.5 Å². The summed E-state index contributed by atoms with van der Waals surface area (Å²) in [4.78, 5) is 26.1. The lowest BCUT2D eigenvalue weighted by molar-refractivity contribution is 0.0662. The number of imide groups is 1. The van der Waals surface area contributed by atoms with E-state index in [9.17, 15) is 9.59 Å². The van der Waals surface area contributed by atoms with Crippen LogP contribution in [0.25, 0.3) is 0 Å². The van der Waals surface area contributed by atoms with E-state index in [1.807, 2.05) is 44.2 Å². The molecule has 3 rings (SSSR count). The molecule has 0 fully saturated rings. The summed E-state index contributed by atoms with van der Waals surface area (Å²) in [7, 11) is 0. The maximum atomic E-state index is 12.5. The maximum absolute atomic E-state index is 12.5. The number of hydrogen-bond acceptors (Lipinski definition) is 3. The van der Waals surface area contributed by atoms with Crippen LogP contribution in [0.1, 0.15) is 38.8 Å². The molecule has 1 aliphatic rings. The van der Waals surface area contributed by atoms with Crippen LogP contribution in [-0.2, 0) is 0 Å². The van der Waals surface area contributed by atoms with Gasteiger partial charge in [-0.2, -0.15) is 0 Å². The zero-order valence-corrected chi connectivity index (χ0v) is 12.8. The minimum Gasteiger partial charge on any atom is -0.456 e. The van der Waals surface area contributed by atoms with Crippen molar-refractivity contribution >= 4 is 11.8 Å². The third kappa shape index (κ3) is 2.08. The van der Waals surface area contributed by atoms with E-state index in [0.29, 0.717) is 29.2 Å². The van der Waals surface area contributed by atoms with Crippen molar-refractivity contribution in [3.8, 4) is 11.5 Å². The monoisotopic (exact) mass is 295 g/mol. The van der Waals surface area contributed by atoms with Crippen molar-refractivity contribution in [2.24, 2.45) is 0 Å². The molecule has 2 aromatic carbocycles. The summed E-state index contributed by atoms with van der Waals surface area (Å²) >= 11 is 0. The molecule has 0 aromatic heterocycles. The number of para-hydroxylation sites is 1. The van der Waals surface area contributed by atoms with Crippen LogP contribution in [0, 0.1) is 13.8 Å². The smallest absolute Gasteiger partial charge is 0.265 e. The first-order valence-electron chi connectivity index (χ1n) is 7.28. The highest BCUT2D eigenvalue weighted by molar-refractivity contribution is 6.23. The Hall–Kier alpha value is -2.62. The molecule has 0 radical (unpaired) electrons. The van der Waals surface area contributed by atoms with Gasteiger partial charge in [0.25, 0.3) is 11.8 Å². The zero-order chi connectivity index (χ0) is 15.9. The van der Waals surface area contributed by atoms with Crippen molar-refractivity contribution in [1.82, 2.24) is 4.90 Å². The van der Waals surface area contributed by atoms with Gasteiger partial charge in [-0.1, -0.05) is 18.2 Å². The number of aryl methyl sites for hydroxylation is 1. The first-order valence-corrected chi connectivity index (χ1v) is 7.28. The number of benzene rings is 2. The molecule has 0 spiro atoms. The highest BCUT2D eigenvalue weighted by atomic mass is 16.5. The predicted molar refractivity (Wildman–Crippen MR) is 83.5 cm³/mol. The van der Waals surface area contributed by atoms with Crippen LogP contribution in [0.4, 0.5) is 0 Å². The van der Waals surface area contributed by atoms with Gasteiger partial charge in [0, 0.05) is 6.54 Å². The lowest BCUT2D eigenvalue weighted by atomic mass is 9.99. The molecule has 0 N–H and O–H groups in total. The SMILES string of the molecule is CCN1C(=O)c2cc(C)c(C)c(Oc3ccccc3)c2C1=O. The van der Waals surface area contributed by atoms with Crippen molar-refractivity contribution in [2.45, 2.75) is 20.8 Å². The van der Waals surface area contributed by atoms with Crippen molar-refractivity contribution in [3.63, 3.8) is 0 Å². The van der Waals surface area contributed by atoms with Gasteiger partial charge in [0.15, 0.2) is 0 Å². The molecule has 4 heteroatoms. The molecular weight excluding hydrogens is 278 g/mol. The molecular formula is C18H17NO3. The summed E-state index contributed by atoms with van der Waals surface area (Å²) in [5.74, 6) is 0.601. The fraction of sp³-hybridized carbons (Fsp3) is 0.222. The Balaban J connectivity index is 2.17. The van der Waals surface area contributed by atoms with E-state index in [4.69, 9.17) is 4.74 Å². The first kappa shape index (κ1) is 14.3. The minimum absolute atomic E-state index is 0.247. The van der Waals surface area contributed by atoms with E-state index < -0.39 is 0 Å². The summed E-state index contributed by atoms with van der Waals surface area (Å²) in [6, 6.07) is 11.1. The number of nitrogens with zero attached hydrogens (tertiary/aromatic N) is 1. The second-order valence-electron chi connectivity index (χ2n) is 5.34. The normalized spacial score (nSPS) is 13.5. The van der Waals surface area contributed by atoms with Gasteiger partial charge in [-0.25, -0.2) is 0 Å². The van der Waals surface area contributed by atoms with Crippen LogP contribution in [0.15, 0.2) is 36.4 Å². The number of hydrogen-bond donors (Lipinski definition) is 0. The maximum Gasteiger partial charge on any atom is 0.265 e. The van der Waals surface area contributed by atoms with Crippen molar-refractivity contribution in [3.05, 3.63) is 58.7 Å². The Kier molecular flexibility index (Phi) is 3.45. The lowest BCUT2D eigenvalue weighted by Crippen LogP contribution is -2.29. The number of fused-ring (bicyclic) bond motifs is 1. The molecule has 22 heavy (non-hydrogen) atoms. The van der Waals surface area contributed by atoms with E-state index in [-0.39, 0.29) is 11.8 Å². The van der Waals surface area contributed by atoms with Gasteiger partial charge in [-0.05, 0) is 50.1 Å². The van der Waals surface area contributed by atoms with Crippen molar-refractivity contribution in [2.75, 3.05) is 6.54 Å². The minimum atomic E-state index is -0.281. The van der Waals surface area contributed by atoms with E-state index in [2.05, 4.69) is 0 Å². The van der Waals surface area contributed by atoms with Gasteiger partial charge in [0.05, 0.1) is 11.1 Å². The van der Waals surface area contributed by atoms with Crippen LogP contribution in [-0.4, -0.2) is 23.3 Å². The van der Waals surface area contributed by atoms with Crippen LogP contribution in [0.2, 0.25) is 0 Å². The van der Waals surface area contributed by atoms with Crippen LogP contribution in [0.5, 0.6) is 11.5 Å². The summed E-state index contributed by atoms with van der Waals surface area (Å²) in [5, 5.41) is 0. The molecule has 4 nitrogen and oxygen atoms in total. The summed E-state index contributed by atoms with van der Waals surface area (Å²) < 4.78 is 5.94. The van der Waals surface area contributed by atoms with Gasteiger partial charge < -0.3 is 4.74 Å². The Morgan fingerprint density at radius 3 is 2.36 bits per heavy atom. The number of rotatable bonds is 3. The second kappa shape index (κ2) is 5.30. The quantitative estimate of drug-likeness (QED) is 0.811. The fourth-order valence-electron chi connectivity index (χ4n) is 2.66. The van der Waals surface area contributed by atoms with Gasteiger partial charge in [-0.15, -0.1) is 0 Å². The molecule has 2 amide bonds. The van der Waals surface area contributed by atoms with Crippen LogP contribution < -0.4 is 4.74 Å². The van der Waals surface area contributed by atoms with Gasteiger partial charge >= 0.3 is 0 Å². The molecule has 0 unspecified atom stereocenters. The Morgan fingerprint density at radius 2 is 1.73 bits per heavy atom. The van der Waals surface area contributed by atoms with E-state index in [1.54, 1.807) is 13.0 Å². The van der Waals surface area contributed by atoms with Gasteiger partial charge in [0.2, 0.25) is 0 Å². The molecule has 2 aromatic rings. The summed E-state index contributed by atoms with van der Waals surface area (Å²) in [6.07, 6.45) is 0. The Morgan fingerprint density at radius 1 is 1.05 bits per heavy atom. The molecule has 0 atom stereocenters. The topological polar surface area (TPSA) is 46.6 Å². The molecule has 0 saturated heterocycles. The number of carbonyl (C=O) groups excluding carboxylic acids is 2. The van der Waals surface area contributed by atoms with E-state index >= 15 is 0 Å². The Bertz CT molecular complexity index is 766. The number of ether oxygens (including phenoxy) is 1. The second-order valence-corrected chi connectivity index (χ2v) is 5.34. The molecule has 0 saturated carbocycles. The zero-order valence-electron chi connectivity index (χ0n) is 12.8. The molecule has 112 valence electrons. The Labute approximate surface area is 129 Å². The van der Waals surface area contributed by atoms with Gasteiger partial charge in [0.1, 0.15) is 11.5 Å².